The van der Waals surface area contributed by atoms with Gasteiger partial charge in [-0.25, -0.2) is 0 Å². The molecule has 0 spiro atoms. The summed E-state index contributed by atoms with van der Waals surface area (Å²) in [5.41, 5.74) is 0.628. The zero-order valence-electron chi connectivity index (χ0n) is 16.9. The van der Waals surface area contributed by atoms with E-state index in [2.05, 4.69) is 16.2 Å². The Labute approximate surface area is 170 Å². The summed E-state index contributed by atoms with van der Waals surface area (Å²) in [6.07, 6.45) is 5.69. The molecule has 7 nitrogen and oxygen atoms in total. The van der Waals surface area contributed by atoms with Gasteiger partial charge in [-0.1, -0.05) is 24.1 Å². The molecule has 1 aromatic carbocycles. The first-order valence-electron chi connectivity index (χ1n) is 10.7. The quantitative estimate of drug-likeness (QED) is 0.790. The first kappa shape index (κ1) is 18.5. The van der Waals surface area contributed by atoms with E-state index >= 15 is 0 Å². The zero-order chi connectivity index (χ0) is 19.8. The summed E-state index contributed by atoms with van der Waals surface area (Å²) in [6.45, 7) is 4.43. The number of nitrogens with zero attached hydrogens (tertiary/aromatic N) is 3. The average molecular weight is 397 g/mol. The molecule has 0 radical (unpaired) electrons. The lowest BCUT2D eigenvalue weighted by Gasteiger charge is -2.38. The molecule has 3 heterocycles. The van der Waals surface area contributed by atoms with Crippen LogP contribution in [-0.2, 0) is 10.2 Å². The largest absolute Gasteiger partial charge is 0.486 e. The third-order valence-corrected chi connectivity index (χ3v) is 6.64. The van der Waals surface area contributed by atoms with E-state index in [0.29, 0.717) is 24.9 Å². The molecule has 1 saturated carbocycles. The second kappa shape index (κ2) is 7.35. The van der Waals surface area contributed by atoms with Gasteiger partial charge in [0.05, 0.1) is 5.41 Å². The molecular weight excluding hydrogens is 370 g/mol. The number of rotatable bonds is 3. The highest BCUT2D eigenvalue weighted by Crippen LogP contribution is 2.46. The summed E-state index contributed by atoms with van der Waals surface area (Å²) < 4.78 is 16.8. The van der Waals surface area contributed by atoms with Gasteiger partial charge < -0.3 is 18.9 Å². The van der Waals surface area contributed by atoms with Crippen LogP contribution in [0.25, 0.3) is 0 Å². The minimum atomic E-state index is -0.441. The first-order valence-corrected chi connectivity index (χ1v) is 10.7. The molecule has 1 amide bonds. The van der Waals surface area contributed by atoms with Crippen LogP contribution < -0.4 is 9.47 Å². The molecule has 1 aromatic heterocycles. The summed E-state index contributed by atoms with van der Waals surface area (Å²) >= 11 is 0. The molecule has 29 heavy (non-hydrogen) atoms. The highest BCUT2D eigenvalue weighted by Gasteiger charge is 2.46. The Morgan fingerprint density at radius 3 is 2.52 bits per heavy atom. The number of aromatic nitrogens is 2. The van der Waals surface area contributed by atoms with Gasteiger partial charge >= 0.3 is 0 Å². The fourth-order valence-corrected chi connectivity index (χ4v) is 5.06. The third kappa shape index (κ3) is 3.26. The summed E-state index contributed by atoms with van der Waals surface area (Å²) in [6, 6.07) is 6.05. The maximum Gasteiger partial charge on any atom is 0.233 e. The molecule has 0 atom stereocenters. The lowest BCUT2D eigenvalue weighted by molar-refractivity contribution is -0.138. The van der Waals surface area contributed by atoms with E-state index in [9.17, 15) is 4.79 Å². The Balaban J connectivity index is 1.35. The van der Waals surface area contributed by atoms with E-state index < -0.39 is 5.41 Å². The van der Waals surface area contributed by atoms with E-state index in [1.165, 1.54) is 0 Å². The molecule has 2 aromatic rings. The van der Waals surface area contributed by atoms with Gasteiger partial charge in [-0.3, -0.25) is 4.79 Å². The van der Waals surface area contributed by atoms with Crippen molar-refractivity contribution in [2.24, 2.45) is 0 Å². The van der Waals surface area contributed by atoms with Crippen LogP contribution in [0.1, 0.15) is 61.7 Å². The van der Waals surface area contributed by atoms with Crippen LogP contribution in [0.2, 0.25) is 0 Å². The van der Waals surface area contributed by atoms with Gasteiger partial charge in [-0.15, -0.1) is 0 Å². The van der Waals surface area contributed by atoms with E-state index in [0.717, 1.165) is 68.7 Å². The molecule has 0 N–H and O–H groups in total. The van der Waals surface area contributed by atoms with Crippen molar-refractivity contribution < 1.29 is 18.8 Å². The van der Waals surface area contributed by atoms with Gasteiger partial charge in [0, 0.05) is 19.0 Å². The Hall–Kier alpha value is -2.57. The van der Waals surface area contributed by atoms with Crippen molar-refractivity contribution in [3.63, 3.8) is 0 Å². The van der Waals surface area contributed by atoms with E-state index in [-0.39, 0.29) is 11.8 Å². The maximum absolute atomic E-state index is 13.7. The van der Waals surface area contributed by atoms with Crippen LogP contribution in [0, 0.1) is 6.92 Å². The second-order valence-electron chi connectivity index (χ2n) is 8.39. The summed E-state index contributed by atoms with van der Waals surface area (Å²) in [7, 11) is 0. The number of carbonyl (C=O) groups excluding carboxylic acids is 1. The number of carbonyl (C=O) groups is 1. The van der Waals surface area contributed by atoms with Crippen LogP contribution >= 0.6 is 0 Å². The van der Waals surface area contributed by atoms with Gasteiger partial charge in [0.15, 0.2) is 17.3 Å². The Bertz CT molecular complexity index is 895. The molecule has 5 rings (SSSR count). The standard InChI is InChI=1S/C22H27N3O4/c1-15-23-20(29-24-15)16-6-10-25(11-7-16)21(26)22(8-2-3-9-22)17-4-5-18-19(14-17)28-13-12-27-18/h4-5,14,16H,2-3,6-13H2,1H3. The minimum Gasteiger partial charge on any atom is -0.486 e. The van der Waals surface area contributed by atoms with E-state index in [1.807, 2.05) is 24.0 Å². The number of aryl methyl sites for hydroxylation is 1. The first-order chi connectivity index (χ1) is 14.2. The van der Waals surface area contributed by atoms with Gasteiger partial charge in [0.25, 0.3) is 0 Å². The predicted molar refractivity (Wildman–Crippen MR) is 105 cm³/mol. The lowest BCUT2D eigenvalue weighted by Crippen LogP contribution is -2.48. The number of hydrogen-bond acceptors (Lipinski definition) is 6. The summed E-state index contributed by atoms with van der Waals surface area (Å²) in [5, 5.41) is 3.91. The Morgan fingerprint density at radius 1 is 1.10 bits per heavy atom. The molecule has 1 saturated heterocycles. The van der Waals surface area contributed by atoms with Gasteiger partial charge in [-0.2, -0.15) is 4.98 Å². The highest BCUT2D eigenvalue weighted by molar-refractivity contribution is 5.89. The van der Waals surface area contributed by atoms with Crippen molar-refractivity contribution >= 4 is 5.91 Å². The average Bonchev–Trinajstić information content (AvgIpc) is 3.43. The molecule has 0 unspecified atom stereocenters. The van der Waals surface area contributed by atoms with Gasteiger partial charge in [-0.05, 0) is 50.3 Å². The normalized spacial score (nSPS) is 21.3. The van der Waals surface area contributed by atoms with Gasteiger partial charge in [0.1, 0.15) is 13.2 Å². The Kier molecular flexibility index (Phi) is 4.68. The van der Waals surface area contributed by atoms with Crippen LogP contribution in [0.5, 0.6) is 11.5 Å². The molecule has 154 valence electrons. The van der Waals surface area contributed by atoms with Crippen molar-refractivity contribution in [2.75, 3.05) is 26.3 Å². The van der Waals surface area contributed by atoms with Crippen molar-refractivity contribution in [1.29, 1.82) is 0 Å². The van der Waals surface area contributed by atoms with Gasteiger partial charge in [0.2, 0.25) is 11.8 Å². The summed E-state index contributed by atoms with van der Waals surface area (Å²) in [4.78, 5) is 20.2. The number of piperidine rings is 1. The van der Waals surface area contributed by atoms with E-state index in [4.69, 9.17) is 14.0 Å². The van der Waals surface area contributed by atoms with Crippen molar-refractivity contribution in [1.82, 2.24) is 15.0 Å². The zero-order valence-corrected chi connectivity index (χ0v) is 16.9. The number of amides is 1. The van der Waals surface area contributed by atoms with Crippen molar-refractivity contribution in [3.05, 3.63) is 35.5 Å². The second-order valence-corrected chi connectivity index (χ2v) is 8.39. The number of likely N-dealkylation sites (tertiary alicyclic amines) is 1. The number of benzene rings is 1. The molecule has 1 aliphatic carbocycles. The smallest absolute Gasteiger partial charge is 0.233 e. The predicted octanol–water partition coefficient (Wildman–Crippen LogP) is 3.37. The fraction of sp³-hybridized carbons (Fsp3) is 0.591. The monoisotopic (exact) mass is 397 g/mol. The fourth-order valence-electron chi connectivity index (χ4n) is 5.06. The minimum absolute atomic E-state index is 0.245. The topological polar surface area (TPSA) is 77.7 Å². The van der Waals surface area contributed by atoms with Crippen LogP contribution in [0.4, 0.5) is 0 Å². The number of fused-ring (bicyclic) bond motifs is 1. The molecular formula is C22H27N3O4. The SMILES string of the molecule is Cc1noc(C2CCN(C(=O)C3(c4ccc5c(c4)OCCO5)CCCC3)CC2)n1. The molecule has 2 fully saturated rings. The molecule has 0 bridgehead atoms. The van der Waals surface area contributed by atoms with Crippen LogP contribution in [0.3, 0.4) is 0 Å². The third-order valence-electron chi connectivity index (χ3n) is 6.64. The molecule has 2 aliphatic heterocycles. The van der Waals surface area contributed by atoms with Crippen molar-refractivity contribution in [2.45, 2.75) is 56.8 Å². The maximum atomic E-state index is 13.7. The highest BCUT2D eigenvalue weighted by atomic mass is 16.6. The van der Waals surface area contributed by atoms with Crippen molar-refractivity contribution in [3.8, 4) is 11.5 Å². The Morgan fingerprint density at radius 2 is 1.83 bits per heavy atom. The summed E-state index contributed by atoms with van der Waals surface area (Å²) in [5.74, 6) is 3.41. The number of ether oxygens (including phenoxy) is 2. The number of hydrogen-bond donors (Lipinski definition) is 0. The molecule has 7 heteroatoms. The van der Waals surface area contributed by atoms with E-state index in [1.54, 1.807) is 0 Å². The van der Waals surface area contributed by atoms with Crippen LogP contribution in [-0.4, -0.2) is 47.3 Å². The van der Waals surface area contributed by atoms with Crippen LogP contribution in [0.15, 0.2) is 22.7 Å². The lowest BCUT2D eigenvalue weighted by atomic mass is 9.76. The molecule has 3 aliphatic rings.